The first-order valence-corrected chi connectivity index (χ1v) is 11.4. The number of aromatic nitrogens is 3. The average Bonchev–Trinajstić information content (AvgIpc) is 3.50. The maximum atomic E-state index is 14.3. The highest BCUT2D eigenvalue weighted by Crippen LogP contribution is 2.30. The van der Waals surface area contributed by atoms with Crippen LogP contribution in [0.2, 0.25) is 0 Å². The number of alkyl halides is 1. The summed E-state index contributed by atoms with van der Waals surface area (Å²) in [6.07, 6.45) is 3.86. The van der Waals surface area contributed by atoms with Gasteiger partial charge in [0.1, 0.15) is 41.0 Å². The molecule has 0 spiro atoms. The zero-order chi connectivity index (χ0) is 22.2. The molecule has 1 aromatic carbocycles. The molecule has 5 heterocycles. The lowest BCUT2D eigenvalue weighted by molar-refractivity contribution is 0.0743. The highest BCUT2D eigenvalue weighted by Gasteiger charge is 2.27. The van der Waals surface area contributed by atoms with E-state index in [-0.39, 0.29) is 6.10 Å². The number of benzene rings is 1. The molecule has 2 fully saturated rings. The lowest BCUT2D eigenvalue weighted by Crippen LogP contribution is -2.44. The Morgan fingerprint density at radius 3 is 2.97 bits per heavy atom. The molecule has 1 N–H and O–H groups in total. The molecule has 0 saturated carbocycles. The van der Waals surface area contributed by atoms with Crippen molar-refractivity contribution in [3.05, 3.63) is 54.9 Å². The molecule has 33 heavy (non-hydrogen) atoms. The summed E-state index contributed by atoms with van der Waals surface area (Å²) in [5, 5.41) is 4.01. The number of fused-ring (bicyclic) bond motifs is 2. The van der Waals surface area contributed by atoms with Gasteiger partial charge in [0.25, 0.3) is 0 Å². The lowest BCUT2D eigenvalue weighted by atomic mass is 10.1. The minimum atomic E-state index is -1.04. The predicted octanol–water partition coefficient (Wildman–Crippen LogP) is 3.80. The van der Waals surface area contributed by atoms with Crippen molar-refractivity contribution >= 4 is 16.6 Å². The van der Waals surface area contributed by atoms with Crippen molar-refractivity contribution in [2.24, 2.45) is 0 Å². The average molecular weight is 448 g/mol. The molecule has 0 radical (unpaired) electrons. The molecule has 2 aliphatic heterocycles. The highest BCUT2D eigenvalue weighted by molar-refractivity contribution is 5.86. The summed E-state index contributed by atoms with van der Waals surface area (Å²) in [6.45, 7) is 2.42. The van der Waals surface area contributed by atoms with Crippen LogP contribution in [-0.4, -0.2) is 59.1 Å². The number of ether oxygens (including phenoxy) is 3. The summed E-state index contributed by atoms with van der Waals surface area (Å²) >= 11 is 0. The standard InChI is InChI=1S/C25H25FN4O3/c26-19-13-27-9-6-22(19)33-23-3-1-2-16-4-5-20(29-25(16)23)21-14-28-24-12-17(7-10-30(21)24)32-18-8-11-31-15-18/h1-5,7,10,12,14,18-19,22,27H,6,8-9,11,13,15H2/t18-,19?,22-/m0/s1. The molecule has 6 rings (SSSR count). The van der Waals surface area contributed by atoms with Crippen LogP contribution in [0.15, 0.2) is 54.9 Å². The fourth-order valence-electron chi connectivity index (χ4n) is 4.47. The summed E-state index contributed by atoms with van der Waals surface area (Å²) < 4.78 is 33.8. The second kappa shape index (κ2) is 8.61. The van der Waals surface area contributed by atoms with Crippen molar-refractivity contribution in [2.45, 2.75) is 31.2 Å². The van der Waals surface area contributed by atoms with Crippen molar-refractivity contribution in [2.75, 3.05) is 26.3 Å². The number of piperidine rings is 1. The quantitative estimate of drug-likeness (QED) is 0.501. The molecule has 3 atom stereocenters. The minimum Gasteiger partial charge on any atom is -0.488 e. The van der Waals surface area contributed by atoms with Crippen molar-refractivity contribution in [1.82, 2.24) is 19.7 Å². The molecule has 0 aliphatic carbocycles. The monoisotopic (exact) mass is 448 g/mol. The van der Waals surface area contributed by atoms with Gasteiger partial charge in [-0.2, -0.15) is 0 Å². The van der Waals surface area contributed by atoms with Gasteiger partial charge in [-0.3, -0.25) is 4.40 Å². The van der Waals surface area contributed by atoms with Gasteiger partial charge in [-0.25, -0.2) is 14.4 Å². The van der Waals surface area contributed by atoms with Gasteiger partial charge in [-0.05, 0) is 31.2 Å². The molecule has 2 saturated heterocycles. The second-order valence-corrected chi connectivity index (χ2v) is 8.53. The number of hydrogen-bond acceptors (Lipinski definition) is 6. The number of nitrogens with zero attached hydrogens (tertiary/aromatic N) is 3. The van der Waals surface area contributed by atoms with Gasteiger partial charge < -0.3 is 19.5 Å². The Hall–Kier alpha value is -3.23. The molecule has 170 valence electrons. The molecule has 1 unspecified atom stereocenters. The second-order valence-electron chi connectivity index (χ2n) is 8.53. The van der Waals surface area contributed by atoms with Crippen LogP contribution < -0.4 is 14.8 Å². The normalized spacial score (nSPS) is 23.2. The summed E-state index contributed by atoms with van der Waals surface area (Å²) in [4.78, 5) is 9.45. The third-order valence-electron chi connectivity index (χ3n) is 6.25. The van der Waals surface area contributed by atoms with Gasteiger partial charge in [0.2, 0.25) is 0 Å². The van der Waals surface area contributed by atoms with Crippen LogP contribution in [0.25, 0.3) is 27.9 Å². The van der Waals surface area contributed by atoms with Crippen molar-refractivity contribution in [3.8, 4) is 22.9 Å². The number of para-hydroxylation sites is 1. The van der Waals surface area contributed by atoms with Crippen LogP contribution in [0.4, 0.5) is 4.39 Å². The third-order valence-corrected chi connectivity index (χ3v) is 6.25. The molecule has 2 aliphatic rings. The van der Waals surface area contributed by atoms with Crippen LogP contribution in [0, 0.1) is 0 Å². The first-order valence-electron chi connectivity index (χ1n) is 11.4. The Kier molecular flexibility index (Phi) is 5.32. The van der Waals surface area contributed by atoms with Gasteiger partial charge in [-0.1, -0.05) is 18.2 Å². The SMILES string of the molecule is FC1CNCC[C@@H]1Oc1cccc2ccc(-c3cnc4cc(O[C@H]5CCOC5)ccn34)nc12. The molecule has 4 aromatic rings. The van der Waals surface area contributed by atoms with E-state index in [1.54, 1.807) is 6.20 Å². The molecular formula is C25H25FN4O3. The van der Waals surface area contributed by atoms with Crippen molar-refractivity contribution in [1.29, 1.82) is 0 Å². The fourth-order valence-corrected chi connectivity index (χ4v) is 4.47. The Bertz CT molecular complexity index is 1290. The van der Waals surface area contributed by atoms with Crippen LogP contribution >= 0.6 is 0 Å². The van der Waals surface area contributed by atoms with E-state index < -0.39 is 12.3 Å². The van der Waals surface area contributed by atoms with Crippen molar-refractivity contribution < 1.29 is 18.6 Å². The van der Waals surface area contributed by atoms with Gasteiger partial charge in [0.05, 0.1) is 30.8 Å². The Balaban J connectivity index is 1.32. The van der Waals surface area contributed by atoms with E-state index >= 15 is 0 Å². The lowest BCUT2D eigenvalue weighted by Gasteiger charge is -2.27. The first-order chi connectivity index (χ1) is 16.2. The molecule has 8 heteroatoms. The summed E-state index contributed by atoms with van der Waals surface area (Å²) in [7, 11) is 0. The van der Waals surface area contributed by atoms with E-state index in [1.807, 2.05) is 53.1 Å². The highest BCUT2D eigenvalue weighted by atomic mass is 19.1. The van der Waals surface area contributed by atoms with E-state index in [2.05, 4.69) is 10.3 Å². The molecule has 3 aromatic heterocycles. The van der Waals surface area contributed by atoms with E-state index in [0.717, 1.165) is 53.3 Å². The smallest absolute Gasteiger partial charge is 0.149 e. The predicted molar refractivity (Wildman–Crippen MR) is 123 cm³/mol. The van der Waals surface area contributed by atoms with E-state index in [1.165, 1.54) is 0 Å². The van der Waals surface area contributed by atoms with E-state index in [9.17, 15) is 4.39 Å². The third kappa shape index (κ3) is 4.00. The Morgan fingerprint density at radius 1 is 1.12 bits per heavy atom. The molecule has 0 bridgehead atoms. The topological polar surface area (TPSA) is 69.9 Å². The zero-order valence-corrected chi connectivity index (χ0v) is 18.1. The Morgan fingerprint density at radius 2 is 2.09 bits per heavy atom. The largest absolute Gasteiger partial charge is 0.488 e. The zero-order valence-electron chi connectivity index (χ0n) is 18.1. The molecule has 7 nitrogen and oxygen atoms in total. The van der Waals surface area contributed by atoms with Gasteiger partial charge in [-0.15, -0.1) is 0 Å². The van der Waals surface area contributed by atoms with Crippen LogP contribution in [0.3, 0.4) is 0 Å². The van der Waals surface area contributed by atoms with Gasteiger partial charge in [0, 0.05) is 30.6 Å². The summed E-state index contributed by atoms with van der Waals surface area (Å²) in [5.41, 5.74) is 3.13. The number of nitrogens with one attached hydrogen (secondary N) is 1. The maximum absolute atomic E-state index is 14.3. The fraction of sp³-hybridized carbons (Fsp3) is 0.360. The van der Waals surface area contributed by atoms with E-state index in [0.29, 0.717) is 25.3 Å². The maximum Gasteiger partial charge on any atom is 0.149 e. The number of hydrogen-bond donors (Lipinski definition) is 1. The molecular weight excluding hydrogens is 423 g/mol. The summed E-state index contributed by atoms with van der Waals surface area (Å²) in [6, 6.07) is 13.6. The van der Waals surface area contributed by atoms with E-state index in [4.69, 9.17) is 19.2 Å². The van der Waals surface area contributed by atoms with Crippen LogP contribution in [0.1, 0.15) is 12.8 Å². The van der Waals surface area contributed by atoms with Crippen LogP contribution in [-0.2, 0) is 4.74 Å². The first kappa shape index (κ1) is 20.4. The number of pyridine rings is 2. The van der Waals surface area contributed by atoms with Crippen molar-refractivity contribution in [3.63, 3.8) is 0 Å². The van der Waals surface area contributed by atoms with Gasteiger partial charge in [0.15, 0.2) is 0 Å². The Labute approximate surface area is 190 Å². The number of imidazole rings is 1. The van der Waals surface area contributed by atoms with Crippen LogP contribution in [0.5, 0.6) is 11.5 Å². The van der Waals surface area contributed by atoms with Gasteiger partial charge >= 0.3 is 0 Å². The molecule has 0 amide bonds. The minimum absolute atomic E-state index is 0.0892. The summed E-state index contributed by atoms with van der Waals surface area (Å²) in [5.74, 6) is 1.38. The number of halogens is 1. The number of rotatable bonds is 5.